The van der Waals surface area contributed by atoms with Gasteiger partial charge in [0.1, 0.15) is 5.82 Å². The molecular formula is C20H30N4O. The molecule has 0 unspecified atom stereocenters. The number of nitrogens with zero attached hydrogens (tertiary/aromatic N) is 2. The Kier molecular flexibility index (Phi) is 3.55. The fraction of sp³-hybridized carbons (Fsp3) is 0.750. The second kappa shape index (κ2) is 5.58. The number of nitrogens with two attached hydrogens (primary N) is 1. The molecule has 0 atom stereocenters. The molecule has 4 aliphatic rings. The molecule has 0 radical (unpaired) electrons. The Labute approximate surface area is 150 Å². The third-order valence-electron chi connectivity index (χ3n) is 7.14. The van der Waals surface area contributed by atoms with Crippen LogP contribution in [0.25, 0.3) is 0 Å². The maximum Gasteiger partial charge on any atom is 0.128 e. The summed E-state index contributed by atoms with van der Waals surface area (Å²) in [5, 5.41) is 3.71. The summed E-state index contributed by atoms with van der Waals surface area (Å²) in [6, 6.07) is 5.48. The Hall–Kier alpha value is -1.33. The summed E-state index contributed by atoms with van der Waals surface area (Å²) in [4.78, 5) is 7.33. The molecule has 2 spiro atoms. The molecule has 3 N–H and O–H groups in total. The first-order valence-electron chi connectivity index (χ1n) is 9.87. The molecule has 0 amide bonds. The molecule has 5 rings (SSSR count). The van der Waals surface area contributed by atoms with Crippen molar-refractivity contribution in [1.82, 2.24) is 4.98 Å². The third kappa shape index (κ3) is 2.72. The normalized spacial score (nSPS) is 35.8. The third-order valence-corrected chi connectivity index (χ3v) is 7.14. The van der Waals surface area contributed by atoms with Crippen molar-refractivity contribution < 1.29 is 4.74 Å². The molecule has 2 saturated carbocycles. The van der Waals surface area contributed by atoms with Crippen molar-refractivity contribution in [1.29, 1.82) is 0 Å². The van der Waals surface area contributed by atoms with Gasteiger partial charge >= 0.3 is 0 Å². The van der Waals surface area contributed by atoms with Crippen LogP contribution in [0.3, 0.4) is 0 Å². The first kappa shape index (κ1) is 15.9. The largest absolute Gasteiger partial charge is 0.381 e. The van der Waals surface area contributed by atoms with Gasteiger partial charge in [-0.05, 0) is 63.0 Å². The number of hydrogen-bond donors (Lipinski definition) is 2. The number of nitrogens with one attached hydrogen (secondary N) is 1. The average molecular weight is 342 g/mol. The zero-order valence-electron chi connectivity index (χ0n) is 15.3. The highest BCUT2D eigenvalue weighted by Gasteiger charge is 2.51. The van der Waals surface area contributed by atoms with Crippen molar-refractivity contribution >= 4 is 11.5 Å². The molecule has 2 saturated heterocycles. The second-order valence-corrected chi connectivity index (χ2v) is 9.20. The quantitative estimate of drug-likeness (QED) is 0.884. The number of piperidine rings is 1. The minimum atomic E-state index is 0.457. The van der Waals surface area contributed by atoms with E-state index >= 15 is 0 Å². The van der Waals surface area contributed by atoms with Gasteiger partial charge in [-0.3, -0.25) is 0 Å². The lowest BCUT2D eigenvalue weighted by Crippen LogP contribution is -2.57. The fourth-order valence-electron chi connectivity index (χ4n) is 5.46. The number of pyridine rings is 1. The van der Waals surface area contributed by atoms with E-state index in [1.165, 1.54) is 44.2 Å². The van der Waals surface area contributed by atoms with Crippen molar-refractivity contribution in [3.05, 3.63) is 17.8 Å². The van der Waals surface area contributed by atoms with Gasteiger partial charge in [0.2, 0.25) is 0 Å². The molecule has 3 heterocycles. The van der Waals surface area contributed by atoms with Crippen LogP contribution >= 0.6 is 0 Å². The van der Waals surface area contributed by atoms with Gasteiger partial charge in [0.15, 0.2) is 0 Å². The standard InChI is InChI=1S/C20H30N4O/c1-14-17(23-16-10-20(11-16)8-15(21)9-20)2-3-18(22-14)24-6-4-19(5-7-24)12-25-13-19/h2-3,15-16,23H,4-13,21H2,1H3. The summed E-state index contributed by atoms with van der Waals surface area (Å²) in [5.41, 5.74) is 9.34. The monoisotopic (exact) mass is 342 g/mol. The van der Waals surface area contributed by atoms with Gasteiger partial charge in [-0.25, -0.2) is 4.98 Å². The van der Waals surface area contributed by atoms with E-state index in [0.717, 1.165) is 37.8 Å². The number of rotatable bonds is 3. The molecule has 4 fully saturated rings. The highest BCUT2D eigenvalue weighted by molar-refractivity contribution is 5.54. The number of hydrogen-bond acceptors (Lipinski definition) is 5. The zero-order valence-corrected chi connectivity index (χ0v) is 15.3. The van der Waals surface area contributed by atoms with Crippen molar-refractivity contribution in [3.63, 3.8) is 0 Å². The van der Waals surface area contributed by atoms with Crippen LogP contribution in [-0.4, -0.2) is 43.4 Å². The first-order valence-corrected chi connectivity index (χ1v) is 9.87. The minimum Gasteiger partial charge on any atom is -0.381 e. The lowest BCUT2D eigenvalue weighted by molar-refractivity contribution is -0.124. The van der Waals surface area contributed by atoms with Crippen molar-refractivity contribution in [2.45, 2.75) is 57.5 Å². The predicted molar refractivity (Wildman–Crippen MR) is 100.0 cm³/mol. The van der Waals surface area contributed by atoms with Crippen LogP contribution in [0.2, 0.25) is 0 Å². The van der Waals surface area contributed by atoms with E-state index in [0.29, 0.717) is 22.9 Å². The van der Waals surface area contributed by atoms with Gasteiger partial charge < -0.3 is 20.7 Å². The fourth-order valence-corrected chi connectivity index (χ4v) is 5.46. The number of anilines is 2. The van der Waals surface area contributed by atoms with Crippen molar-refractivity contribution in [2.75, 3.05) is 36.5 Å². The van der Waals surface area contributed by atoms with Gasteiger partial charge in [-0.15, -0.1) is 0 Å². The maximum atomic E-state index is 5.96. The second-order valence-electron chi connectivity index (χ2n) is 9.20. The molecule has 2 aliphatic heterocycles. The number of aryl methyl sites for hydroxylation is 1. The molecule has 0 aromatic carbocycles. The van der Waals surface area contributed by atoms with Gasteiger partial charge in [-0.2, -0.15) is 0 Å². The van der Waals surface area contributed by atoms with Crippen LogP contribution < -0.4 is 16.0 Å². The molecule has 5 nitrogen and oxygen atoms in total. The predicted octanol–water partition coefficient (Wildman–Crippen LogP) is 2.69. The summed E-state index contributed by atoms with van der Waals surface area (Å²) in [6.07, 6.45) is 7.47. The molecular weight excluding hydrogens is 312 g/mol. The molecule has 1 aromatic heterocycles. The van der Waals surface area contributed by atoms with E-state index in [-0.39, 0.29) is 0 Å². The van der Waals surface area contributed by atoms with Crippen LogP contribution in [0.1, 0.15) is 44.2 Å². The molecule has 5 heteroatoms. The van der Waals surface area contributed by atoms with Crippen LogP contribution in [0.4, 0.5) is 11.5 Å². The topological polar surface area (TPSA) is 63.4 Å². The molecule has 25 heavy (non-hydrogen) atoms. The number of ether oxygens (including phenoxy) is 1. The van der Waals surface area contributed by atoms with Crippen LogP contribution in [0.15, 0.2) is 12.1 Å². The van der Waals surface area contributed by atoms with E-state index in [2.05, 4.69) is 29.3 Å². The van der Waals surface area contributed by atoms with E-state index in [4.69, 9.17) is 15.5 Å². The van der Waals surface area contributed by atoms with Crippen molar-refractivity contribution in [3.8, 4) is 0 Å². The highest BCUT2D eigenvalue weighted by atomic mass is 16.5. The molecule has 136 valence electrons. The Morgan fingerprint density at radius 1 is 1.12 bits per heavy atom. The Morgan fingerprint density at radius 3 is 2.40 bits per heavy atom. The number of aromatic nitrogens is 1. The first-order chi connectivity index (χ1) is 12.0. The van der Waals surface area contributed by atoms with Gasteiger partial charge in [0.05, 0.1) is 24.6 Å². The SMILES string of the molecule is Cc1nc(N2CCC3(CC2)COC3)ccc1NC1CC2(CC(N)C2)C1. The Bertz CT molecular complexity index is 648. The summed E-state index contributed by atoms with van der Waals surface area (Å²) in [6.45, 7) is 6.26. The average Bonchev–Trinajstić information content (AvgIpc) is 2.52. The van der Waals surface area contributed by atoms with E-state index in [1.54, 1.807) is 0 Å². The summed E-state index contributed by atoms with van der Waals surface area (Å²) in [7, 11) is 0. The smallest absolute Gasteiger partial charge is 0.128 e. The van der Waals surface area contributed by atoms with Crippen LogP contribution in [0.5, 0.6) is 0 Å². The van der Waals surface area contributed by atoms with Crippen LogP contribution in [-0.2, 0) is 4.74 Å². The van der Waals surface area contributed by atoms with Gasteiger partial charge in [0, 0.05) is 30.6 Å². The van der Waals surface area contributed by atoms with E-state index < -0.39 is 0 Å². The minimum absolute atomic E-state index is 0.457. The van der Waals surface area contributed by atoms with Gasteiger partial charge in [-0.1, -0.05) is 0 Å². The maximum absolute atomic E-state index is 5.96. The van der Waals surface area contributed by atoms with E-state index in [1.807, 2.05) is 0 Å². The van der Waals surface area contributed by atoms with Gasteiger partial charge in [0.25, 0.3) is 0 Å². The van der Waals surface area contributed by atoms with Crippen LogP contribution in [0, 0.1) is 17.8 Å². The Balaban J connectivity index is 1.18. The lowest BCUT2D eigenvalue weighted by Gasteiger charge is -2.57. The highest BCUT2D eigenvalue weighted by Crippen LogP contribution is 2.56. The summed E-state index contributed by atoms with van der Waals surface area (Å²) >= 11 is 0. The summed E-state index contributed by atoms with van der Waals surface area (Å²) < 4.78 is 5.43. The lowest BCUT2D eigenvalue weighted by atomic mass is 9.52. The zero-order chi connectivity index (χ0) is 17.1. The summed E-state index contributed by atoms with van der Waals surface area (Å²) in [5.74, 6) is 1.13. The van der Waals surface area contributed by atoms with E-state index in [9.17, 15) is 0 Å². The molecule has 1 aromatic rings. The molecule has 2 aliphatic carbocycles. The molecule has 0 bridgehead atoms. The van der Waals surface area contributed by atoms with Crippen molar-refractivity contribution in [2.24, 2.45) is 16.6 Å². The Morgan fingerprint density at radius 2 is 1.84 bits per heavy atom.